The van der Waals surface area contributed by atoms with Gasteiger partial charge in [0.1, 0.15) is 18.3 Å². The number of ether oxygens (including phenoxy) is 1. The van der Waals surface area contributed by atoms with Gasteiger partial charge in [0.15, 0.2) is 0 Å². The summed E-state index contributed by atoms with van der Waals surface area (Å²) in [7, 11) is -2.66. The monoisotopic (exact) mass is 571 g/mol. The van der Waals surface area contributed by atoms with Gasteiger partial charge < -0.3 is 15.0 Å². The topological polar surface area (TPSA) is 96.0 Å². The average Bonchev–Trinajstić information content (AvgIpc) is 2.94. The molecule has 1 N–H and O–H groups in total. The second-order valence-corrected chi connectivity index (χ2v) is 11.3. The van der Waals surface area contributed by atoms with E-state index in [1.165, 1.54) is 24.1 Å². The van der Waals surface area contributed by atoms with Gasteiger partial charge in [-0.2, -0.15) is 0 Å². The standard InChI is InChI=1S/C29H34ClN3O5S/c1-4-5-17-31-29(35)22(2)32(20-23-11-9-12-24(30)18-23)28(34)21-33(25-13-10-14-26(19-25)38-3)39(36,37)27-15-7-6-8-16-27/h6-16,18-19,22H,4-5,17,20-21H2,1-3H3,(H,31,35)/t22-/m1/s1. The lowest BCUT2D eigenvalue weighted by Gasteiger charge is -2.32. The zero-order chi connectivity index (χ0) is 28.4. The van der Waals surface area contributed by atoms with Crippen LogP contribution in [0.4, 0.5) is 5.69 Å². The molecule has 0 saturated carbocycles. The van der Waals surface area contributed by atoms with E-state index in [4.69, 9.17) is 16.3 Å². The molecule has 39 heavy (non-hydrogen) atoms. The number of rotatable bonds is 13. The lowest BCUT2D eigenvalue weighted by atomic mass is 10.1. The van der Waals surface area contributed by atoms with E-state index in [1.807, 2.05) is 6.92 Å². The zero-order valence-corrected chi connectivity index (χ0v) is 23.9. The highest BCUT2D eigenvalue weighted by atomic mass is 35.5. The van der Waals surface area contributed by atoms with Crippen molar-refractivity contribution in [3.05, 3.63) is 89.4 Å². The number of anilines is 1. The first-order chi connectivity index (χ1) is 18.7. The van der Waals surface area contributed by atoms with Crippen LogP contribution in [-0.2, 0) is 26.2 Å². The summed E-state index contributed by atoms with van der Waals surface area (Å²) in [6.07, 6.45) is 1.71. The molecule has 0 spiro atoms. The number of benzene rings is 3. The van der Waals surface area contributed by atoms with Gasteiger partial charge in [0.05, 0.1) is 17.7 Å². The predicted molar refractivity (Wildman–Crippen MR) is 153 cm³/mol. The van der Waals surface area contributed by atoms with Crippen molar-refractivity contribution in [1.29, 1.82) is 0 Å². The minimum atomic E-state index is -4.14. The molecule has 0 radical (unpaired) electrons. The smallest absolute Gasteiger partial charge is 0.264 e. The molecule has 208 valence electrons. The number of halogens is 1. The van der Waals surface area contributed by atoms with Gasteiger partial charge >= 0.3 is 0 Å². The van der Waals surface area contributed by atoms with Gasteiger partial charge in [-0.05, 0) is 55.3 Å². The van der Waals surface area contributed by atoms with E-state index in [9.17, 15) is 18.0 Å². The Balaban J connectivity index is 2.01. The minimum absolute atomic E-state index is 0.0346. The Labute approximate surface area is 235 Å². The molecular formula is C29H34ClN3O5S. The van der Waals surface area contributed by atoms with Crippen LogP contribution in [0.15, 0.2) is 83.8 Å². The Morgan fingerprint density at radius 3 is 2.38 bits per heavy atom. The lowest BCUT2D eigenvalue weighted by Crippen LogP contribution is -2.51. The van der Waals surface area contributed by atoms with Gasteiger partial charge in [-0.1, -0.05) is 61.3 Å². The van der Waals surface area contributed by atoms with Crippen LogP contribution in [0.5, 0.6) is 5.75 Å². The van der Waals surface area contributed by atoms with E-state index in [2.05, 4.69) is 5.32 Å². The molecule has 3 aromatic rings. The Hall–Kier alpha value is -3.56. The van der Waals surface area contributed by atoms with E-state index in [0.717, 1.165) is 17.1 Å². The summed E-state index contributed by atoms with van der Waals surface area (Å²) in [5.74, 6) is -0.430. The molecule has 0 aliphatic heterocycles. The van der Waals surface area contributed by atoms with Crippen molar-refractivity contribution in [2.45, 2.75) is 44.2 Å². The van der Waals surface area contributed by atoms with E-state index < -0.39 is 28.5 Å². The number of hydrogen-bond acceptors (Lipinski definition) is 5. The molecule has 0 aliphatic carbocycles. The molecule has 2 amide bonds. The number of nitrogens with one attached hydrogen (secondary N) is 1. The second kappa shape index (κ2) is 14.0. The molecule has 10 heteroatoms. The molecular weight excluding hydrogens is 538 g/mol. The maximum absolute atomic E-state index is 13.9. The van der Waals surface area contributed by atoms with Gasteiger partial charge in [0, 0.05) is 24.2 Å². The number of hydrogen-bond donors (Lipinski definition) is 1. The Bertz CT molecular complexity index is 1370. The highest BCUT2D eigenvalue weighted by Gasteiger charge is 2.32. The number of unbranched alkanes of at least 4 members (excludes halogenated alkanes) is 1. The van der Waals surface area contributed by atoms with Crippen LogP contribution in [0, 0.1) is 0 Å². The molecule has 0 saturated heterocycles. The van der Waals surface area contributed by atoms with Gasteiger partial charge in [0.25, 0.3) is 10.0 Å². The summed E-state index contributed by atoms with van der Waals surface area (Å²) >= 11 is 6.17. The number of sulfonamides is 1. The highest BCUT2D eigenvalue weighted by molar-refractivity contribution is 7.92. The fourth-order valence-electron chi connectivity index (χ4n) is 3.96. The lowest BCUT2D eigenvalue weighted by molar-refractivity contribution is -0.139. The van der Waals surface area contributed by atoms with Crippen molar-refractivity contribution in [3.8, 4) is 5.75 Å². The number of amides is 2. The van der Waals surface area contributed by atoms with Crippen LogP contribution in [0.25, 0.3) is 0 Å². The Morgan fingerprint density at radius 1 is 1.00 bits per heavy atom. The maximum atomic E-state index is 13.9. The van der Waals surface area contributed by atoms with E-state index in [0.29, 0.717) is 22.9 Å². The van der Waals surface area contributed by atoms with Crippen molar-refractivity contribution in [2.24, 2.45) is 0 Å². The maximum Gasteiger partial charge on any atom is 0.264 e. The molecule has 3 rings (SSSR count). The van der Waals surface area contributed by atoms with Crippen molar-refractivity contribution in [1.82, 2.24) is 10.2 Å². The molecule has 0 bridgehead atoms. The summed E-state index contributed by atoms with van der Waals surface area (Å²) in [6.45, 7) is 3.67. The molecule has 3 aromatic carbocycles. The van der Waals surface area contributed by atoms with Crippen molar-refractivity contribution < 1.29 is 22.7 Å². The summed E-state index contributed by atoms with van der Waals surface area (Å²) < 4.78 is 33.9. The van der Waals surface area contributed by atoms with Gasteiger partial charge in [-0.3, -0.25) is 13.9 Å². The van der Waals surface area contributed by atoms with Crippen LogP contribution in [-0.4, -0.2) is 51.4 Å². The third-order valence-corrected chi connectivity index (χ3v) is 8.21. The van der Waals surface area contributed by atoms with Gasteiger partial charge in [-0.15, -0.1) is 0 Å². The third kappa shape index (κ3) is 7.97. The number of nitrogens with zero attached hydrogens (tertiary/aromatic N) is 2. The fourth-order valence-corrected chi connectivity index (χ4v) is 5.60. The van der Waals surface area contributed by atoms with E-state index in [-0.39, 0.29) is 23.0 Å². The van der Waals surface area contributed by atoms with Crippen LogP contribution < -0.4 is 14.4 Å². The normalized spacial score (nSPS) is 11.9. The van der Waals surface area contributed by atoms with E-state index in [1.54, 1.807) is 73.7 Å². The average molecular weight is 572 g/mol. The molecule has 1 atom stereocenters. The largest absolute Gasteiger partial charge is 0.497 e. The quantitative estimate of drug-likeness (QED) is 0.295. The van der Waals surface area contributed by atoms with Crippen LogP contribution in [0.1, 0.15) is 32.3 Å². The molecule has 0 aromatic heterocycles. The number of methoxy groups -OCH3 is 1. The van der Waals surface area contributed by atoms with Crippen LogP contribution in [0.3, 0.4) is 0 Å². The molecule has 0 aliphatic rings. The summed E-state index contributed by atoms with van der Waals surface area (Å²) in [4.78, 5) is 28.3. The summed E-state index contributed by atoms with van der Waals surface area (Å²) in [5.41, 5.74) is 0.970. The molecule has 0 unspecified atom stereocenters. The molecule has 0 fully saturated rings. The Kier molecular flexibility index (Phi) is 10.8. The SMILES string of the molecule is CCCCNC(=O)[C@@H](C)N(Cc1cccc(Cl)c1)C(=O)CN(c1cccc(OC)c1)S(=O)(=O)c1ccccc1. The summed E-state index contributed by atoms with van der Waals surface area (Å²) in [6, 6.07) is 20.5. The minimum Gasteiger partial charge on any atom is -0.497 e. The zero-order valence-electron chi connectivity index (χ0n) is 22.3. The molecule has 0 heterocycles. The van der Waals surface area contributed by atoms with Crippen LogP contribution in [0.2, 0.25) is 5.02 Å². The van der Waals surface area contributed by atoms with Crippen LogP contribution >= 0.6 is 11.6 Å². The number of carbonyl (C=O) groups excluding carboxylic acids is 2. The second-order valence-electron chi connectivity index (χ2n) is 9.00. The first kappa shape index (κ1) is 30.0. The highest BCUT2D eigenvalue weighted by Crippen LogP contribution is 2.27. The van der Waals surface area contributed by atoms with Gasteiger partial charge in [0.2, 0.25) is 11.8 Å². The Morgan fingerprint density at radius 2 is 1.72 bits per heavy atom. The van der Waals surface area contributed by atoms with Gasteiger partial charge in [-0.25, -0.2) is 8.42 Å². The fraction of sp³-hybridized carbons (Fsp3) is 0.310. The van der Waals surface area contributed by atoms with Crippen molar-refractivity contribution in [3.63, 3.8) is 0 Å². The first-order valence-corrected chi connectivity index (χ1v) is 14.5. The van der Waals surface area contributed by atoms with Crippen molar-refractivity contribution in [2.75, 3.05) is 24.5 Å². The predicted octanol–water partition coefficient (Wildman–Crippen LogP) is 4.88. The molecule has 8 nitrogen and oxygen atoms in total. The number of carbonyl (C=O) groups is 2. The third-order valence-electron chi connectivity index (χ3n) is 6.19. The van der Waals surface area contributed by atoms with E-state index >= 15 is 0 Å². The van der Waals surface area contributed by atoms with Crippen molar-refractivity contribution >= 4 is 39.1 Å². The summed E-state index contributed by atoms with van der Waals surface area (Å²) in [5, 5.41) is 3.36. The first-order valence-electron chi connectivity index (χ1n) is 12.7.